The Hall–Kier alpha value is -0.170. The van der Waals surface area contributed by atoms with Crippen LogP contribution in [0.3, 0.4) is 0 Å². The van der Waals surface area contributed by atoms with Crippen molar-refractivity contribution in [2.24, 2.45) is 0 Å². The summed E-state index contributed by atoms with van der Waals surface area (Å²) in [5.41, 5.74) is 0. The Morgan fingerprint density at radius 1 is 1.22 bits per heavy atom. The predicted molar refractivity (Wildman–Crippen MR) is 70.9 cm³/mol. The molecule has 1 unspecified atom stereocenters. The van der Waals surface area contributed by atoms with Crippen LogP contribution in [0.2, 0.25) is 0 Å². The molecule has 0 bridgehead atoms. The SMILES string of the molecule is O=S(=O)(CC1CCCN1)N(CCCO)C1CCC1. The average molecular weight is 276 g/mol. The number of rotatable bonds is 7. The Morgan fingerprint density at radius 3 is 2.50 bits per heavy atom. The van der Waals surface area contributed by atoms with Gasteiger partial charge in [-0.1, -0.05) is 6.42 Å². The molecule has 0 aromatic carbocycles. The van der Waals surface area contributed by atoms with Crippen molar-refractivity contribution in [3.05, 3.63) is 0 Å². The van der Waals surface area contributed by atoms with Crippen molar-refractivity contribution in [3.8, 4) is 0 Å². The van der Waals surface area contributed by atoms with Gasteiger partial charge < -0.3 is 10.4 Å². The van der Waals surface area contributed by atoms with E-state index in [-0.39, 0.29) is 24.4 Å². The number of aliphatic hydroxyl groups excluding tert-OH is 1. The molecule has 1 atom stereocenters. The largest absolute Gasteiger partial charge is 0.396 e. The standard InChI is InChI=1S/C12H24N2O3S/c15-9-3-8-14(12-5-1-6-12)18(16,17)10-11-4-2-7-13-11/h11-13,15H,1-10H2. The molecule has 2 rings (SSSR count). The van der Waals surface area contributed by atoms with Crippen LogP contribution >= 0.6 is 0 Å². The highest BCUT2D eigenvalue weighted by molar-refractivity contribution is 7.89. The normalized spacial score (nSPS) is 25.6. The maximum Gasteiger partial charge on any atom is 0.215 e. The van der Waals surface area contributed by atoms with Crippen LogP contribution in [0.4, 0.5) is 0 Å². The Bertz CT molecular complexity index is 348. The van der Waals surface area contributed by atoms with Gasteiger partial charge in [0, 0.05) is 25.2 Å². The topological polar surface area (TPSA) is 69.6 Å². The lowest BCUT2D eigenvalue weighted by Crippen LogP contribution is -2.48. The summed E-state index contributed by atoms with van der Waals surface area (Å²) in [5.74, 6) is 0.217. The molecule has 1 saturated heterocycles. The molecule has 2 N–H and O–H groups in total. The van der Waals surface area contributed by atoms with E-state index >= 15 is 0 Å². The summed E-state index contributed by atoms with van der Waals surface area (Å²) < 4.78 is 26.5. The molecule has 2 fully saturated rings. The third-order valence-corrected chi connectivity index (χ3v) is 5.97. The number of nitrogens with one attached hydrogen (secondary N) is 1. The summed E-state index contributed by atoms with van der Waals surface area (Å²) in [6, 6.07) is 0.301. The van der Waals surface area contributed by atoms with Gasteiger partial charge in [-0.25, -0.2) is 8.42 Å². The second-order valence-electron chi connectivity index (χ2n) is 5.34. The van der Waals surface area contributed by atoms with Gasteiger partial charge in [0.2, 0.25) is 10.0 Å². The Kier molecular flexibility index (Phi) is 5.00. The van der Waals surface area contributed by atoms with E-state index in [1.54, 1.807) is 4.31 Å². The zero-order valence-electron chi connectivity index (χ0n) is 10.8. The molecule has 1 heterocycles. The fourth-order valence-electron chi connectivity index (χ4n) is 2.70. The van der Waals surface area contributed by atoms with Crippen LogP contribution in [-0.4, -0.2) is 55.4 Å². The minimum Gasteiger partial charge on any atom is -0.396 e. The smallest absolute Gasteiger partial charge is 0.215 e. The number of hydrogen-bond donors (Lipinski definition) is 2. The lowest BCUT2D eigenvalue weighted by molar-refractivity contribution is 0.198. The molecule has 0 aromatic heterocycles. The summed E-state index contributed by atoms with van der Waals surface area (Å²) in [7, 11) is -3.18. The van der Waals surface area contributed by atoms with Gasteiger partial charge in [0.15, 0.2) is 0 Å². The molecule has 2 aliphatic rings. The van der Waals surface area contributed by atoms with E-state index in [2.05, 4.69) is 5.32 Å². The van der Waals surface area contributed by atoms with Gasteiger partial charge >= 0.3 is 0 Å². The second kappa shape index (κ2) is 6.32. The molecule has 5 nitrogen and oxygen atoms in total. The molecular weight excluding hydrogens is 252 g/mol. The predicted octanol–water partition coefficient (Wildman–Crippen LogP) is 0.305. The maximum absolute atomic E-state index is 12.4. The van der Waals surface area contributed by atoms with E-state index in [0.29, 0.717) is 13.0 Å². The first kappa shape index (κ1) is 14.2. The molecular formula is C12H24N2O3S. The summed E-state index contributed by atoms with van der Waals surface area (Å²) in [6.45, 7) is 1.46. The van der Waals surface area contributed by atoms with Crippen LogP contribution in [0.25, 0.3) is 0 Å². The zero-order chi connectivity index (χ0) is 13.0. The third kappa shape index (κ3) is 3.44. The highest BCUT2D eigenvalue weighted by atomic mass is 32.2. The Labute approximate surface area is 110 Å². The molecule has 0 spiro atoms. The quantitative estimate of drug-likeness (QED) is 0.702. The molecule has 1 aliphatic heterocycles. The molecule has 1 aliphatic carbocycles. The van der Waals surface area contributed by atoms with Crippen molar-refractivity contribution in [1.82, 2.24) is 9.62 Å². The Morgan fingerprint density at radius 2 is 2.00 bits per heavy atom. The Balaban J connectivity index is 1.97. The fraction of sp³-hybridized carbons (Fsp3) is 1.00. The minimum atomic E-state index is -3.18. The summed E-state index contributed by atoms with van der Waals surface area (Å²) in [4.78, 5) is 0. The third-order valence-electron chi connectivity index (χ3n) is 3.95. The van der Waals surface area contributed by atoms with Crippen molar-refractivity contribution < 1.29 is 13.5 Å². The van der Waals surface area contributed by atoms with Gasteiger partial charge in [0.1, 0.15) is 0 Å². The molecule has 0 aromatic rings. The lowest BCUT2D eigenvalue weighted by atomic mass is 9.93. The van der Waals surface area contributed by atoms with Crippen molar-refractivity contribution in [3.63, 3.8) is 0 Å². The van der Waals surface area contributed by atoms with Gasteiger partial charge in [-0.05, 0) is 38.6 Å². The van der Waals surface area contributed by atoms with Crippen molar-refractivity contribution in [1.29, 1.82) is 0 Å². The van der Waals surface area contributed by atoms with Gasteiger partial charge in [0.25, 0.3) is 0 Å². The maximum atomic E-state index is 12.4. The van der Waals surface area contributed by atoms with Gasteiger partial charge in [0.05, 0.1) is 5.75 Å². The first-order valence-corrected chi connectivity index (χ1v) is 8.58. The average Bonchev–Trinajstić information content (AvgIpc) is 2.72. The number of aliphatic hydroxyl groups is 1. The molecule has 0 radical (unpaired) electrons. The highest BCUT2D eigenvalue weighted by Gasteiger charge is 2.35. The second-order valence-corrected chi connectivity index (χ2v) is 7.31. The van der Waals surface area contributed by atoms with E-state index in [9.17, 15) is 8.42 Å². The molecule has 0 amide bonds. The minimum absolute atomic E-state index is 0.0560. The van der Waals surface area contributed by atoms with Crippen molar-refractivity contribution >= 4 is 10.0 Å². The van der Waals surface area contributed by atoms with Crippen LogP contribution in [0.5, 0.6) is 0 Å². The number of nitrogens with zero attached hydrogens (tertiary/aromatic N) is 1. The van der Waals surface area contributed by atoms with Gasteiger partial charge in [-0.15, -0.1) is 0 Å². The van der Waals surface area contributed by atoms with Crippen molar-refractivity contribution in [2.45, 2.75) is 50.6 Å². The first-order valence-electron chi connectivity index (χ1n) is 6.97. The lowest BCUT2D eigenvalue weighted by Gasteiger charge is -2.37. The van der Waals surface area contributed by atoms with Gasteiger partial charge in [-0.2, -0.15) is 4.31 Å². The molecule has 1 saturated carbocycles. The molecule has 106 valence electrons. The van der Waals surface area contributed by atoms with Gasteiger partial charge in [-0.3, -0.25) is 0 Å². The number of sulfonamides is 1. The molecule has 18 heavy (non-hydrogen) atoms. The van der Waals surface area contributed by atoms with Crippen molar-refractivity contribution in [2.75, 3.05) is 25.4 Å². The van der Waals surface area contributed by atoms with E-state index in [1.807, 2.05) is 0 Å². The van der Waals surface area contributed by atoms with Crippen LogP contribution in [0.1, 0.15) is 38.5 Å². The monoisotopic (exact) mass is 276 g/mol. The number of hydrogen-bond acceptors (Lipinski definition) is 4. The molecule has 6 heteroatoms. The van der Waals surface area contributed by atoms with E-state index in [1.165, 1.54) is 0 Å². The summed E-state index contributed by atoms with van der Waals surface area (Å²) in [5, 5.41) is 12.1. The zero-order valence-corrected chi connectivity index (χ0v) is 11.7. The van der Waals surface area contributed by atoms with Crippen LogP contribution in [-0.2, 0) is 10.0 Å². The summed E-state index contributed by atoms with van der Waals surface area (Å²) in [6.07, 6.45) is 5.63. The fourth-order valence-corrected chi connectivity index (χ4v) is 4.76. The summed E-state index contributed by atoms with van der Waals surface area (Å²) >= 11 is 0. The first-order chi connectivity index (χ1) is 8.63. The van der Waals surface area contributed by atoms with E-state index in [4.69, 9.17) is 5.11 Å². The highest BCUT2D eigenvalue weighted by Crippen LogP contribution is 2.28. The van der Waals surface area contributed by atoms with Crippen LogP contribution in [0.15, 0.2) is 0 Å². The van der Waals surface area contributed by atoms with Crippen LogP contribution in [0, 0.1) is 0 Å². The van der Waals surface area contributed by atoms with Crippen LogP contribution < -0.4 is 5.32 Å². The van der Waals surface area contributed by atoms with E-state index < -0.39 is 10.0 Å². The van der Waals surface area contributed by atoms with E-state index in [0.717, 1.165) is 38.6 Å².